The van der Waals surface area contributed by atoms with E-state index >= 15 is 0 Å². The van der Waals surface area contributed by atoms with Gasteiger partial charge in [0.2, 0.25) is 0 Å². The average molecular weight is 507 g/mol. The number of carbonyl (C=O) groups excluding carboxylic acids is 2. The van der Waals surface area contributed by atoms with Crippen molar-refractivity contribution in [3.63, 3.8) is 0 Å². The van der Waals surface area contributed by atoms with E-state index in [0.717, 1.165) is 11.4 Å². The van der Waals surface area contributed by atoms with Gasteiger partial charge >= 0.3 is 0 Å². The molecule has 190 valence electrons. The summed E-state index contributed by atoms with van der Waals surface area (Å²) in [4.78, 5) is 24.6. The number of carbonyl (C=O) groups is 2. The van der Waals surface area contributed by atoms with Gasteiger partial charge in [-0.05, 0) is 72.8 Å². The van der Waals surface area contributed by atoms with Crippen molar-refractivity contribution < 1.29 is 14.3 Å². The van der Waals surface area contributed by atoms with Crippen molar-refractivity contribution in [1.29, 1.82) is 0 Å². The molecule has 2 N–H and O–H groups in total. The zero-order valence-corrected chi connectivity index (χ0v) is 20.5. The van der Waals surface area contributed by atoms with Crippen molar-refractivity contribution in [1.82, 2.24) is 10.6 Å². The minimum atomic E-state index is -0.273. The third kappa shape index (κ3) is 8.28. The Bertz CT molecular complexity index is 1260. The van der Waals surface area contributed by atoms with E-state index in [4.69, 9.17) is 4.74 Å². The van der Waals surface area contributed by atoms with Crippen LogP contribution in [0.15, 0.2) is 130 Å². The number of benzene rings is 4. The molecule has 0 unspecified atom stereocenters. The Morgan fingerprint density at radius 3 is 1.37 bits per heavy atom. The highest BCUT2D eigenvalue weighted by molar-refractivity contribution is 5.94. The lowest BCUT2D eigenvalue weighted by Gasteiger charge is -2.08. The zero-order valence-electron chi connectivity index (χ0n) is 20.5. The molecular weight excluding hydrogens is 480 g/mol. The maximum Gasteiger partial charge on any atom is 0.253 e. The van der Waals surface area contributed by atoms with Crippen LogP contribution in [0.25, 0.3) is 0 Å². The summed E-state index contributed by atoms with van der Waals surface area (Å²) in [5, 5.41) is 22.1. The van der Waals surface area contributed by atoms with Crippen molar-refractivity contribution in [2.75, 3.05) is 19.9 Å². The highest BCUT2D eigenvalue weighted by atomic mass is 16.5. The monoisotopic (exact) mass is 506 g/mol. The normalized spacial score (nSPS) is 11.1. The average Bonchev–Trinajstić information content (AvgIpc) is 2.98. The molecule has 4 rings (SSSR count). The van der Waals surface area contributed by atoms with E-state index in [1.807, 2.05) is 60.7 Å². The van der Waals surface area contributed by atoms with Crippen LogP contribution in [0.2, 0.25) is 0 Å². The van der Waals surface area contributed by atoms with Crippen LogP contribution in [0.1, 0.15) is 20.7 Å². The van der Waals surface area contributed by atoms with Crippen LogP contribution in [0.3, 0.4) is 0 Å². The van der Waals surface area contributed by atoms with Crippen LogP contribution in [0.4, 0.5) is 22.7 Å². The van der Waals surface area contributed by atoms with Crippen molar-refractivity contribution in [3.8, 4) is 0 Å². The molecule has 9 nitrogen and oxygen atoms in total. The summed E-state index contributed by atoms with van der Waals surface area (Å²) in [7, 11) is 0. The van der Waals surface area contributed by atoms with Crippen LogP contribution in [-0.4, -0.2) is 31.7 Å². The second kappa shape index (κ2) is 13.9. The van der Waals surface area contributed by atoms with Gasteiger partial charge in [0.1, 0.15) is 6.73 Å². The summed E-state index contributed by atoms with van der Waals surface area (Å²) in [6.07, 6.45) is 0. The van der Waals surface area contributed by atoms with Crippen molar-refractivity contribution >= 4 is 34.6 Å². The van der Waals surface area contributed by atoms with E-state index < -0.39 is 0 Å². The fraction of sp³-hybridized carbons (Fsp3) is 0.103. The number of hydrogen-bond acceptors (Lipinski definition) is 7. The summed E-state index contributed by atoms with van der Waals surface area (Å²) in [6.45, 7) is 0.560. The minimum Gasteiger partial charge on any atom is -0.359 e. The molecule has 0 bridgehead atoms. The first-order valence-corrected chi connectivity index (χ1v) is 12.0. The summed E-state index contributed by atoms with van der Waals surface area (Å²) >= 11 is 0. The van der Waals surface area contributed by atoms with Gasteiger partial charge in [0.15, 0.2) is 0 Å². The number of nitrogens with zero attached hydrogens (tertiary/aromatic N) is 4. The van der Waals surface area contributed by atoms with Gasteiger partial charge in [-0.3, -0.25) is 9.59 Å². The zero-order chi connectivity index (χ0) is 26.4. The molecule has 2 amide bonds. The first-order chi connectivity index (χ1) is 18.7. The smallest absolute Gasteiger partial charge is 0.253 e. The number of nitrogens with one attached hydrogen (secondary N) is 2. The molecule has 0 fully saturated rings. The molecule has 0 aliphatic heterocycles. The lowest BCUT2D eigenvalue weighted by molar-refractivity contribution is 0.0771. The third-order valence-electron chi connectivity index (χ3n) is 5.20. The van der Waals surface area contributed by atoms with Gasteiger partial charge < -0.3 is 15.4 Å². The third-order valence-corrected chi connectivity index (χ3v) is 5.20. The lowest BCUT2D eigenvalue weighted by atomic mass is 10.2. The Kier molecular flexibility index (Phi) is 9.53. The maximum absolute atomic E-state index is 12.3. The number of azo groups is 2. The van der Waals surface area contributed by atoms with E-state index in [1.54, 1.807) is 48.5 Å². The number of ether oxygens (including phenoxy) is 1. The highest BCUT2D eigenvalue weighted by Crippen LogP contribution is 2.19. The molecule has 9 heteroatoms. The molecule has 0 radical (unpaired) electrons. The van der Waals surface area contributed by atoms with Gasteiger partial charge in [0, 0.05) is 17.7 Å². The van der Waals surface area contributed by atoms with E-state index in [0.29, 0.717) is 29.0 Å². The predicted molar refractivity (Wildman–Crippen MR) is 145 cm³/mol. The SMILES string of the molecule is O=C(NCCOCNC(=O)c1ccc(N=Nc2ccccc2)cc1)c1ccc(N=Nc2ccccc2)cc1. The van der Waals surface area contributed by atoms with Crippen molar-refractivity contribution in [2.45, 2.75) is 0 Å². The molecule has 0 spiro atoms. The molecule has 0 saturated carbocycles. The van der Waals surface area contributed by atoms with Crippen LogP contribution in [-0.2, 0) is 4.74 Å². The van der Waals surface area contributed by atoms with E-state index in [2.05, 4.69) is 31.1 Å². The lowest BCUT2D eigenvalue weighted by Crippen LogP contribution is -2.30. The molecule has 0 heterocycles. The van der Waals surface area contributed by atoms with Crippen LogP contribution in [0.5, 0.6) is 0 Å². The summed E-state index contributed by atoms with van der Waals surface area (Å²) < 4.78 is 5.41. The Balaban J connectivity index is 1.12. The van der Waals surface area contributed by atoms with E-state index in [9.17, 15) is 9.59 Å². The molecular formula is C29H26N6O3. The fourth-order valence-electron chi connectivity index (χ4n) is 3.21. The van der Waals surface area contributed by atoms with Crippen LogP contribution in [0, 0.1) is 0 Å². The van der Waals surface area contributed by atoms with Gasteiger partial charge in [-0.2, -0.15) is 20.5 Å². The second-order valence-corrected chi connectivity index (χ2v) is 7.98. The standard InChI is InChI=1S/C29H26N6O3/c36-28(22-11-15-26(16-12-22)34-32-24-7-3-1-4-8-24)30-19-20-38-21-31-29(37)23-13-17-27(18-14-23)35-33-25-9-5-2-6-10-25/h1-18H,19-21H2,(H,30,36)(H,31,37). The molecule has 0 saturated heterocycles. The predicted octanol–water partition coefficient (Wildman–Crippen LogP) is 6.65. The topological polar surface area (TPSA) is 117 Å². The van der Waals surface area contributed by atoms with Crippen LogP contribution >= 0.6 is 0 Å². The van der Waals surface area contributed by atoms with Gasteiger partial charge in [-0.1, -0.05) is 36.4 Å². The molecule has 0 aliphatic rings. The molecule has 0 aromatic heterocycles. The molecule has 0 aliphatic carbocycles. The largest absolute Gasteiger partial charge is 0.359 e. The van der Waals surface area contributed by atoms with E-state index in [1.165, 1.54) is 0 Å². The number of hydrogen-bond donors (Lipinski definition) is 2. The fourth-order valence-corrected chi connectivity index (χ4v) is 3.21. The maximum atomic E-state index is 12.3. The van der Waals surface area contributed by atoms with Gasteiger partial charge in [-0.15, -0.1) is 0 Å². The van der Waals surface area contributed by atoms with Crippen LogP contribution < -0.4 is 10.6 Å². The number of amides is 2. The number of rotatable bonds is 11. The van der Waals surface area contributed by atoms with Gasteiger partial charge in [-0.25, -0.2) is 0 Å². The summed E-state index contributed by atoms with van der Waals surface area (Å²) in [5.74, 6) is -0.501. The summed E-state index contributed by atoms with van der Waals surface area (Å²) in [5.41, 5.74) is 3.78. The first kappa shape index (κ1) is 26.1. The van der Waals surface area contributed by atoms with E-state index in [-0.39, 0.29) is 25.2 Å². The van der Waals surface area contributed by atoms with Crippen molar-refractivity contribution in [3.05, 3.63) is 120 Å². The molecule has 38 heavy (non-hydrogen) atoms. The Morgan fingerprint density at radius 1 is 0.526 bits per heavy atom. The quantitative estimate of drug-likeness (QED) is 0.135. The molecule has 4 aromatic rings. The van der Waals surface area contributed by atoms with Gasteiger partial charge in [0.25, 0.3) is 11.8 Å². The van der Waals surface area contributed by atoms with Crippen molar-refractivity contribution in [2.24, 2.45) is 20.5 Å². The molecule has 0 atom stereocenters. The Hall–Kier alpha value is -5.02. The second-order valence-electron chi connectivity index (χ2n) is 7.98. The first-order valence-electron chi connectivity index (χ1n) is 12.0. The minimum absolute atomic E-state index is 0.0191. The Labute approximate surface area is 220 Å². The van der Waals surface area contributed by atoms with Gasteiger partial charge in [0.05, 0.1) is 29.4 Å². The Morgan fingerprint density at radius 2 is 0.921 bits per heavy atom. The molecule has 4 aromatic carbocycles. The highest BCUT2D eigenvalue weighted by Gasteiger charge is 2.06. The summed E-state index contributed by atoms with van der Waals surface area (Å²) in [6, 6.07) is 32.4.